The first-order chi connectivity index (χ1) is 18.9. The first kappa shape index (κ1) is 28.6. The summed E-state index contributed by atoms with van der Waals surface area (Å²) in [4.78, 5) is 29.2. The number of pyridine rings is 1. The molecular weight excluding hydrogens is 564 g/mol. The average molecular weight is 584 g/mol. The van der Waals surface area contributed by atoms with Crippen LogP contribution in [0.25, 0.3) is 22.0 Å². The molecule has 0 saturated carbocycles. The molecular formula is C28H20ClF2N3O5S. The molecule has 0 unspecified atom stereocenters. The Hall–Kier alpha value is -4.40. The molecule has 12 heteroatoms. The summed E-state index contributed by atoms with van der Waals surface area (Å²) in [7, 11) is -3.59. The summed E-state index contributed by atoms with van der Waals surface area (Å²) < 4.78 is 52.2. The van der Waals surface area contributed by atoms with Crippen molar-refractivity contribution in [1.82, 2.24) is 10.3 Å². The van der Waals surface area contributed by atoms with Crippen LogP contribution in [0.5, 0.6) is 0 Å². The predicted molar refractivity (Wildman–Crippen MR) is 144 cm³/mol. The number of aliphatic carboxylic acids is 1. The summed E-state index contributed by atoms with van der Waals surface area (Å²) in [5, 5.41) is 22.0. The lowest BCUT2D eigenvalue weighted by Gasteiger charge is -2.18. The molecule has 2 N–H and O–H groups in total. The van der Waals surface area contributed by atoms with Crippen LogP contribution in [0.2, 0.25) is 5.02 Å². The fourth-order valence-corrected chi connectivity index (χ4v) is 5.36. The third-order valence-corrected chi connectivity index (χ3v) is 7.20. The van der Waals surface area contributed by atoms with Gasteiger partial charge >= 0.3 is 5.97 Å². The van der Waals surface area contributed by atoms with Crippen LogP contribution in [0.1, 0.15) is 27.0 Å². The number of halogens is 3. The molecule has 0 fully saturated rings. The molecule has 0 saturated heterocycles. The van der Waals surface area contributed by atoms with Gasteiger partial charge in [0, 0.05) is 40.4 Å². The number of hydrogen-bond donors (Lipinski definition) is 2. The number of nitrogens with zero attached hydrogens (tertiary/aromatic N) is 2. The lowest BCUT2D eigenvalue weighted by atomic mass is 9.94. The third kappa shape index (κ3) is 6.25. The van der Waals surface area contributed by atoms with Crippen molar-refractivity contribution in [1.29, 1.82) is 5.26 Å². The molecule has 0 bridgehead atoms. The molecule has 1 aromatic heterocycles. The molecule has 40 heavy (non-hydrogen) atoms. The number of rotatable bonds is 8. The van der Waals surface area contributed by atoms with Gasteiger partial charge in [-0.15, -0.1) is 0 Å². The Morgan fingerprint density at radius 3 is 2.38 bits per heavy atom. The fourth-order valence-electron chi connectivity index (χ4n) is 4.31. The lowest BCUT2D eigenvalue weighted by molar-refractivity contribution is -0.139. The monoisotopic (exact) mass is 583 g/mol. The Labute approximate surface area is 232 Å². The second-order valence-electron chi connectivity index (χ2n) is 9.05. The minimum absolute atomic E-state index is 0.190. The molecule has 3 aromatic carbocycles. The highest BCUT2D eigenvalue weighted by atomic mass is 35.5. The molecule has 0 aliphatic rings. The number of carbonyl (C=O) groups excluding carboxylic acids is 1. The number of fused-ring (bicyclic) bond motifs is 1. The van der Waals surface area contributed by atoms with E-state index >= 15 is 0 Å². The van der Waals surface area contributed by atoms with Crippen LogP contribution < -0.4 is 5.32 Å². The largest absolute Gasteiger partial charge is 0.480 e. The normalized spacial score (nSPS) is 12.1. The van der Waals surface area contributed by atoms with E-state index in [2.05, 4.69) is 10.3 Å². The number of benzene rings is 3. The smallest absolute Gasteiger partial charge is 0.326 e. The van der Waals surface area contributed by atoms with E-state index < -0.39 is 50.7 Å². The van der Waals surface area contributed by atoms with Gasteiger partial charge in [-0.05, 0) is 41.5 Å². The summed E-state index contributed by atoms with van der Waals surface area (Å²) in [6, 6.07) is 13.3. The van der Waals surface area contributed by atoms with E-state index in [-0.39, 0.29) is 12.0 Å². The van der Waals surface area contributed by atoms with Crippen LogP contribution in [-0.4, -0.2) is 42.7 Å². The van der Waals surface area contributed by atoms with Gasteiger partial charge in [-0.3, -0.25) is 9.78 Å². The van der Waals surface area contributed by atoms with E-state index in [9.17, 15) is 31.9 Å². The highest BCUT2D eigenvalue weighted by Gasteiger charge is 2.27. The second kappa shape index (κ2) is 11.4. The van der Waals surface area contributed by atoms with Crippen LogP contribution >= 0.6 is 11.6 Å². The number of nitriles is 1. The minimum atomic E-state index is -3.59. The Balaban J connectivity index is 1.66. The van der Waals surface area contributed by atoms with E-state index in [0.717, 1.165) is 18.4 Å². The number of carboxylic acids is 1. The van der Waals surface area contributed by atoms with Crippen LogP contribution in [-0.2, 0) is 26.8 Å². The molecule has 1 heterocycles. The van der Waals surface area contributed by atoms with E-state index in [4.69, 9.17) is 16.9 Å². The zero-order chi connectivity index (χ0) is 29.2. The number of amides is 1. The number of hydrogen-bond acceptors (Lipinski definition) is 6. The van der Waals surface area contributed by atoms with Crippen LogP contribution in [0, 0.1) is 23.0 Å². The van der Waals surface area contributed by atoms with Gasteiger partial charge in [0.05, 0.1) is 22.9 Å². The van der Waals surface area contributed by atoms with Gasteiger partial charge in [-0.2, -0.15) is 5.26 Å². The number of nitrogens with one attached hydrogen (secondary N) is 1. The molecule has 0 aliphatic heterocycles. The molecule has 1 amide bonds. The number of aromatic nitrogens is 1. The maximum atomic E-state index is 14.6. The number of carboxylic acid groups (broad SMARTS) is 1. The van der Waals surface area contributed by atoms with Crippen molar-refractivity contribution in [3.05, 3.63) is 99.7 Å². The Kier molecular flexibility index (Phi) is 8.13. The topological polar surface area (TPSA) is 137 Å². The van der Waals surface area contributed by atoms with Gasteiger partial charge in [-0.25, -0.2) is 22.0 Å². The Morgan fingerprint density at radius 2 is 1.77 bits per heavy atom. The maximum Gasteiger partial charge on any atom is 0.326 e. The standard InChI is InChI=1S/C28H20ClF2N3O5S/c1-40(38,39)14-16-10-22(30)25(23(31)11-16)27(35)34-24(28(36)37)12-17-5-7-20(26-18(17)3-2-8-33-26)19-6-4-15(13-32)9-21(19)29/h2-11,24H,12,14H2,1H3,(H,34,35)(H,36,37)/t24-/m0/s1. The molecule has 8 nitrogen and oxygen atoms in total. The van der Waals surface area contributed by atoms with E-state index in [1.807, 2.05) is 6.07 Å². The van der Waals surface area contributed by atoms with Gasteiger partial charge in [0.1, 0.15) is 23.2 Å². The SMILES string of the molecule is CS(=O)(=O)Cc1cc(F)c(C(=O)N[C@@H](Cc2ccc(-c3ccc(C#N)cc3Cl)c3ncccc23)C(=O)O)c(F)c1. The van der Waals surface area contributed by atoms with Gasteiger partial charge in [0.25, 0.3) is 5.91 Å². The molecule has 0 radical (unpaired) electrons. The summed E-state index contributed by atoms with van der Waals surface area (Å²) in [6.07, 6.45) is 2.19. The van der Waals surface area contributed by atoms with Crippen LogP contribution in [0.3, 0.4) is 0 Å². The van der Waals surface area contributed by atoms with Gasteiger partial charge in [-0.1, -0.05) is 35.9 Å². The average Bonchev–Trinajstić information content (AvgIpc) is 2.87. The maximum absolute atomic E-state index is 14.6. The first-order valence-electron chi connectivity index (χ1n) is 11.6. The highest BCUT2D eigenvalue weighted by molar-refractivity contribution is 7.89. The quantitative estimate of drug-likeness (QED) is 0.307. The van der Waals surface area contributed by atoms with E-state index in [1.165, 1.54) is 6.07 Å². The van der Waals surface area contributed by atoms with Crippen molar-refractivity contribution in [3.8, 4) is 17.2 Å². The molecule has 204 valence electrons. The third-order valence-electron chi connectivity index (χ3n) is 6.03. The van der Waals surface area contributed by atoms with Crippen molar-refractivity contribution in [3.63, 3.8) is 0 Å². The lowest BCUT2D eigenvalue weighted by Crippen LogP contribution is -2.43. The van der Waals surface area contributed by atoms with E-state index in [1.54, 1.807) is 42.6 Å². The fraction of sp³-hybridized carbons (Fsp3) is 0.143. The first-order valence-corrected chi connectivity index (χ1v) is 14.1. The zero-order valence-corrected chi connectivity index (χ0v) is 22.4. The van der Waals surface area contributed by atoms with E-state index in [0.29, 0.717) is 38.2 Å². The summed E-state index contributed by atoms with van der Waals surface area (Å²) in [6.45, 7) is 0. The van der Waals surface area contributed by atoms with Gasteiger partial charge < -0.3 is 10.4 Å². The zero-order valence-electron chi connectivity index (χ0n) is 20.8. The van der Waals surface area contributed by atoms with Crippen molar-refractivity contribution in [2.75, 3.05) is 6.26 Å². The second-order valence-corrected chi connectivity index (χ2v) is 11.6. The van der Waals surface area contributed by atoms with Crippen LogP contribution in [0.4, 0.5) is 8.78 Å². The van der Waals surface area contributed by atoms with Gasteiger partial charge in [0.2, 0.25) is 0 Å². The predicted octanol–water partition coefficient (Wildman–Crippen LogP) is 4.68. The summed E-state index contributed by atoms with van der Waals surface area (Å²) in [5.74, 6) is -6.03. The van der Waals surface area contributed by atoms with Crippen molar-refractivity contribution >= 4 is 44.2 Å². The van der Waals surface area contributed by atoms with Gasteiger partial charge in [0.15, 0.2) is 9.84 Å². The number of sulfone groups is 1. The van der Waals surface area contributed by atoms with Crippen molar-refractivity contribution in [2.45, 2.75) is 18.2 Å². The number of carbonyl (C=O) groups is 2. The van der Waals surface area contributed by atoms with Crippen molar-refractivity contribution < 1.29 is 31.9 Å². The molecule has 4 aromatic rings. The molecule has 1 atom stereocenters. The van der Waals surface area contributed by atoms with Crippen molar-refractivity contribution in [2.24, 2.45) is 0 Å². The highest BCUT2D eigenvalue weighted by Crippen LogP contribution is 2.35. The summed E-state index contributed by atoms with van der Waals surface area (Å²) >= 11 is 6.40. The van der Waals surface area contributed by atoms with Crippen LogP contribution in [0.15, 0.2) is 60.8 Å². The minimum Gasteiger partial charge on any atom is -0.480 e. The molecule has 0 spiro atoms. The summed E-state index contributed by atoms with van der Waals surface area (Å²) in [5.41, 5.74) is 1.36. The Bertz CT molecular complexity index is 1800. The molecule has 0 aliphatic carbocycles. The molecule has 4 rings (SSSR count). The Morgan fingerprint density at radius 1 is 1.10 bits per heavy atom.